The van der Waals surface area contributed by atoms with Crippen molar-refractivity contribution in [1.29, 1.82) is 0 Å². The van der Waals surface area contributed by atoms with Crippen LogP contribution < -0.4 is 14.2 Å². The van der Waals surface area contributed by atoms with E-state index in [1.807, 2.05) is 13.8 Å². The SMILES string of the molecule is COc1c([C@@H](O)CC(C)C)ccc2c1C(=O)OCc1c(Cl)c(C)c(Cl)c(OC(=O)C3CCCCC3)c1O2. The summed E-state index contributed by atoms with van der Waals surface area (Å²) in [7, 11) is 1.41. The molecule has 9 heteroatoms. The van der Waals surface area contributed by atoms with Gasteiger partial charge in [0.2, 0.25) is 0 Å². The summed E-state index contributed by atoms with van der Waals surface area (Å²) in [5.74, 6) is -0.667. The Kier molecular flexibility index (Phi) is 8.56. The van der Waals surface area contributed by atoms with Crippen LogP contribution in [0.25, 0.3) is 0 Å². The highest BCUT2D eigenvalue weighted by atomic mass is 35.5. The lowest BCUT2D eigenvalue weighted by atomic mass is 9.89. The van der Waals surface area contributed by atoms with E-state index in [-0.39, 0.29) is 63.0 Å². The number of ether oxygens (including phenoxy) is 4. The molecule has 2 aromatic carbocycles. The zero-order chi connectivity index (χ0) is 26.9. The van der Waals surface area contributed by atoms with Gasteiger partial charge in [-0.1, -0.05) is 56.3 Å². The van der Waals surface area contributed by atoms with Crippen LogP contribution >= 0.6 is 23.2 Å². The van der Waals surface area contributed by atoms with Gasteiger partial charge in [0.15, 0.2) is 11.5 Å². The van der Waals surface area contributed by atoms with Crippen LogP contribution in [0.4, 0.5) is 0 Å². The van der Waals surface area contributed by atoms with E-state index in [4.69, 9.17) is 42.1 Å². The van der Waals surface area contributed by atoms with E-state index >= 15 is 0 Å². The number of hydrogen-bond donors (Lipinski definition) is 1. The second kappa shape index (κ2) is 11.5. The highest BCUT2D eigenvalue weighted by Gasteiger charge is 2.34. The largest absolute Gasteiger partial charge is 0.495 e. The summed E-state index contributed by atoms with van der Waals surface area (Å²) < 4.78 is 23.3. The summed E-state index contributed by atoms with van der Waals surface area (Å²) in [5, 5.41) is 11.2. The van der Waals surface area contributed by atoms with Crippen molar-refractivity contribution in [3.63, 3.8) is 0 Å². The van der Waals surface area contributed by atoms with E-state index in [0.717, 1.165) is 32.1 Å². The van der Waals surface area contributed by atoms with Gasteiger partial charge in [-0.25, -0.2) is 4.79 Å². The Hall–Kier alpha value is -2.48. The van der Waals surface area contributed by atoms with Gasteiger partial charge < -0.3 is 24.1 Å². The van der Waals surface area contributed by atoms with Crippen molar-refractivity contribution in [2.45, 2.75) is 72.0 Å². The van der Waals surface area contributed by atoms with Gasteiger partial charge in [0.25, 0.3) is 0 Å². The predicted octanol–water partition coefficient (Wildman–Crippen LogP) is 7.34. The zero-order valence-electron chi connectivity index (χ0n) is 21.5. The fourth-order valence-electron chi connectivity index (χ4n) is 4.91. The second-order valence-electron chi connectivity index (χ2n) is 10.0. The lowest BCUT2D eigenvalue weighted by Gasteiger charge is -2.26. The molecule has 0 saturated heterocycles. The molecular formula is C28H32Cl2O7. The highest BCUT2D eigenvalue weighted by Crippen LogP contribution is 2.50. The molecule has 1 aliphatic carbocycles. The van der Waals surface area contributed by atoms with Crippen LogP contribution in [0, 0.1) is 18.8 Å². The second-order valence-corrected chi connectivity index (χ2v) is 10.8. The number of halogens is 2. The first-order valence-electron chi connectivity index (χ1n) is 12.6. The molecule has 1 atom stereocenters. The molecule has 2 aromatic rings. The van der Waals surface area contributed by atoms with Crippen molar-refractivity contribution in [1.82, 2.24) is 0 Å². The Balaban J connectivity index is 1.82. The van der Waals surface area contributed by atoms with Gasteiger partial charge in [-0.2, -0.15) is 0 Å². The van der Waals surface area contributed by atoms with Crippen LogP contribution in [0.5, 0.6) is 23.0 Å². The molecule has 1 N–H and O–H groups in total. The van der Waals surface area contributed by atoms with Gasteiger partial charge >= 0.3 is 11.9 Å². The van der Waals surface area contributed by atoms with E-state index in [1.165, 1.54) is 7.11 Å². The maximum atomic E-state index is 13.2. The maximum absolute atomic E-state index is 13.2. The monoisotopic (exact) mass is 550 g/mol. The van der Waals surface area contributed by atoms with Crippen LogP contribution in [0.1, 0.15) is 85.5 Å². The van der Waals surface area contributed by atoms with Crippen molar-refractivity contribution in [3.8, 4) is 23.0 Å². The number of esters is 2. The first-order chi connectivity index (χ1) is 17.6. The van der Waals surface area contributed by atoms with Crippen LogP contribution in [-0.2, 0) is 16.1 Å². The molecule has 0 amide bonds. The fourth-order valence-corrected chi connectivity index (χ4v) is 5.42. The van der Waals surface area contributed by atoms with Crippen molar-refractivity contribution in [2.75, 3.05) is 7.11 Å². The van der Waals surface area contributed by atoms with Gasteiger partial charge in [-0.05, 0) is 49.8 Å². The normalized spacial score (nSPS) is 16.6. The minimum atomic E-state index is -0.857. The van der Waals surface area contributed by atoms with Crippen LogP contribution in [0.15, 0.2) is 12.1 Å². The van der Waals surface area contributed by atoms with E-state index in [0.29, 0.717) is 23.1 Å². The number of cyclic esters (lactones) is 1. The van der Waals surface area contributed by atoms with Crippen molar-refractivity contribution in [3.05, 3.63) is 44.4 Å². The average Bonchev–Trinajstić information content (AvgIpc) is 2.87. The van der Waals surface area contributed by atoms with Crippen molar-refractivity contribution in [2.24, 2.45) is 11.8 Å². The molecule has 4 rings (SSSR count). The Morgan fingerprint density at radius 1 is 1.14 bits per heavy atom. The third-order valence-electron chi connectivity index (χ3n) is 6.92. The number of aliphatic hydroxyl groups excluding tert-OH is 1. The van der Waals surface area contributed by atoms with Crippen LogP contribution in [-0.4, -0.2) is 24.2 Å². The van der Waals surface area contributed by atoms with Crippen molar-refractivity contribution < 1.29 is 33.6 Å². The third-order valence-corrected chi connectivity index (χ3v) is 7.88. The number of methoxy groups -OCH3 is 1. The topological polar surface area (TPSA) is 91.3 Å². The molecule has 0 spiro atoms. The summed E-state index contributed by atoms with van der Waals surface area (Å²) in [6, 6.07) is 3.20. The molecule has 1 saturated carbocycles. The van der Waals surface area contributed by atoms with Gasteiger partial charge in [-0.15, -0.1) is 0 Å². The molecule has 0 radical (unpaired) electrons. The maximum Gasteiger partial charge on any atom is 0.346 e. The summed E-state index contributed by atoms with van der Waals surface area (Å²) in [6.07, 6.45) is 4.16. The van der Waals surface area contributed by atoms with Crippen LogP contribution in [0.3, 0.4) is 0 Å². The summed E-state index contributed by atoms with van der Waals surface area (Å²) in [4.78, 5) is 26.2. The van der Waals surface area contributed by atoms with Gasteiger partial charge in [0.1, 0.15) is 23.7 Å². The molecule has 200 valence electrons. The van der Waals surface area contributed by atoms with Crippen molar-refractivity contribution >= 4 is 35.1 Å². The molecule has 1 aliphatic heterocycles. The highest BCUT2D eigenvalue weighted by molar-refractivity contribution is 6.38. The van der Waals surface area contributed by atoms with Gasteiger partial charge in [-0.3, -0.25) is 4.79 Å². The zero-order valence-corrected chi connectivity index (χ0v) is 23.0. The number of hydrogen-bond acceptors (Lipinski definition) is 7. The number of carbonyl (C=O) groups is 2. The summed E-state index contributed by atoms with van der Waals surface area (Å²) in [5.41, 5.74) is 1.29. The number of aliphatic hydroxyl groups is 1. The lowest BCUT2D eigenvalue weighted by Crippen LogP contribution is -2.23. The minimum Gasteiger partial charge on any atom is -0.495 e. The van der Waals surface area contributed by atoms with Gasteiger partial charge in [0, 0.05) is 5.56 Å². The van der Waals surface area contributed by atoms with E-state index < -0.39 is 12.1 Å². The molecule has 7 nitrogen and oxygen atoms in total. The first kappa shape index (κ1) is 27.6. The van der Waals surface area contributed by atoms with Crippen LogP contribution in [0.2, 0.25) is 10.0 Å². The van der Waals surface area contributed by atoms with E-state index in [9.17, 15) is 14.7 Å². The minimum absolute atomic E-state index is 0.0193. The molecule has 1 fully saturated rings. The standard InChI is InChI=1S/C28H32Cl2O7/c1-14(2)12-19(31)17-10-11-20-21(24(17)34-4)28(33)35-13-18-22(29)15(3)23(30)26(25(18)36-20)37-27(32)16-8-6-5-7-9-16/h10-11,14,16,19,31H,5-9,12-13H2,1-4H3/t19-/m0/s1. The quantitative estimate of drug-likeness (QED) is 0.297. The molecule has 2 aliphatic rings. The third kappa shape index (κ3) is 5.54. The number of rotatable bonds is 6. The molecular weight excluding hydrogens is 519 g/mol. The van der Waals surface area contributed by atoms with Gasteiger partial charge in [0.05, 0.1) is 34.7 Å². The Morgan fingerprint density at radius 2 is 1.84 bits per heavy atom. The molecule has 0 unspecified atom stereocenters. The fraction of sp³-hybridized carbons (Fsp3) is 0.500. The number of benzene rings is 2. The molecule has 0 bridgehead atoms. The summed E-state index contributed by atoms with van der Waals surface area (Å²) >= 11 is 13.2. The molecule has 37 heavy (non-hydrogen) atoms. The molecule has 1 heterocycles. The molecule has 0 aromatic heterocycles. The van der Waals surface area contributed by atoms with E-state index in [2.05, 4.69) is 0 Å². The number of carbonyl (C=O) groups excluding carboxylic acids is 2. The first-order valence-corrected chi connectivity index (χ1v) is 13.4. The Bertz CT molecular complexity index is 1200. The predicted molar refractivity (Wildman–Crippen MR) is 140 cm³/mol. The van der Waals surface area contributed by atoms with E-state index in [1.54, 1.807) is 19.1 Å². The number of fused-ring (bicyclic) bond motifs is 2. The Morgan fingerprint density at radius 3 is 2.49 bits per heavy atom. The summed E-state index contributed by atoms with van der Waals surface area (Å²) in [6.45, 7) is 5.44. The Labute approximate surface area is 226 Å². The lowest BCUT2D eigenvalue weighted by molar-refractivity contribution is -0.140. The smallest absolute Gasteiger partial charge is 0.346 e. The average molecular weight is 551 g/mol.